The Labute approximate surface area is 90.3 Å². The minimum absolute atomic E-state index is 0.0556. The van der Waals surface area contributed by atoms with Gasteiger partial charge < -0.3 is 0 Å². The van der Waals surface area contributed by atoms with Crippen LogP contribution in [0.25, 0.3) is 0 Å². The molecule has 68 valence electrons. The Morgan fingerprint density at radius 2 is 2.00 bits per heavy atom. The molecule has 0 amide bonds. The SMILES string of the molecule is O=Cc1ccc(Br)c(Br)c1[N+](=O)[O-]. The monoisotopic (exact) mass is 307 g/mol. The first kappa shape index (κ1) is 10.3. The predicted octanol–water partition coefficient (Wildman–Crippen LogP) is 2.93. The summed E-state index contributed by atoms with van der Waals surface area (Å²) < 4.78 is 0.826. The average molecular weight is 309 g/mol. The highest BCUT2D eigenvalue weighted by molar-refractivity contribution is 9.13. The molecule has 6 heteroatoms. The molecule has 0 unspecified atom stereocenters. The zero-order valence-electron chi connectivity index (χ0n) is 6.16. The normalized spacial score (nSPS) is 9.69. The number of nitro groups is 1. The summed E-state index contributed by atoms with van der Waals surface area (Å²) in [6, 6.07) is 2.96. The van der Waals surface area contributed by atoms with Crippen LogP contribution in [0, 0.1) is 10.1 Å². The molecule has 0 saturated carbocycles. The van der Waals surface area contributed by atoms with Crippen molar-refractivity contribution in [1.29, 1.82) is 0 Å². The van der Waals surface area contributed by atoms with Crippen LogP contribution >= 0.6 is 31.9 Å². The van der Waals surface area contributed by atoms with Crippen LogP contribution in [0.4, 0.5) is 5.69 Å². The second-order valence-corrected chi connectivity index (χ2v) is 3.82. The topological polar surface area (TPSA) is 60.2 Å². The van der Waals surface area contributed by atoms with Crippen LogP contribution in [0.1, 0.15) is 10.4 Å². The van der Waals surface area contributed by atoms with Gasteiger partial charge in [0.05, 0.1) is 10.5 Å². The Hall–Kier alpha value is -0.750. The molecule has 0 N–H and O–H groups in total. The maximum atomic E-state index is 10.5. The van der Waals surface area contributed by atoms with Crippen molar-refractivity contribution in [3.63, 3.8) is 0 Å². The summed E-state index contributed by atoms with van der Waals surface area (Å²) >= 11 is 6.14. The lowest BCUT2D eigenvalue weighted by molar-refractivity contribution is -0.385. The molecular weight excluding hydrogens is 306 g/mol. The van der Waals surface area contributed by atoms with Gasteiger partial charge >= 0.3 is 0 Å². The van der Waals surface area contributed by atoms with Gasteiger partial charge in [-0.2, -0.15) is 0 Å². The number of nitro benzene ring substituents is 1. The van der Waals surface area contributed by atoms with Gasteiger partial charge in [-0.05, 0) is 44.0 Å². The maximum Gasteiger partial charge on any atom is 0.295 e. The van der Waals surface area contributed by atoms with E-state index in [1.165, 1.54) is 6.07 Å². The maximum absolute atomic E-state index is 10.5. The second kappa shape index (κ2) is 3.97. The van der Waals surface area contributed by atoms with Crippen LogP contribution in [0.5, 0.6) is 0 Å². The number of benzene rings is 1. The van der Waals surface area contributed by atoms with Crippen LogP contribution < -0.4 is 0 Å². The average Bonchev–Trinajstić information content (AvgIpc) is 2.08. The predicted molar refractivity (Wildman–Crippen MR) is 53.9 cm³/mol. The van der Waals surface area contributed by atoms with E-state index in [9.17, 15) is 14.9 Å². The highest BCUT2D eigenvalue weighted by Crippen LogP contribution is 2.34. The fourth-order valence-corrected chi connectivity index (χ4v) is 1.66. The standard InChI is InChI=1S/C7H3Br2NO3/c8-5-2-1-4(3-11)7(6(5)9)10(12)13/h1-3H. The number of aldehydes is 1. The minimum Gasteiger partial charge on any atom is -0.298 e. The molecule has 0 aromatic heterocycles. The van der Waals surface area contributed by atoms with E-state index in [2.05, 4.69) is 31.9 Å². The zero-order chi connectivity index (χ0) is 10.0. The first-order chi connectivity index (χ1) is 6.07. The number of nitrogens with zero attached hydrogens (tertiary/aromatic N) is 1. The molecule has 1 aromatic carbocycles. The van der Waals surface area contributed by atoms with Crippen molar-refractivity contribution >= 4 is 43.8 Å². The van der Waals surface area contributed by atoms with Crippen LogP contribution in [0.15, 0.2) is 21.1 Å². The summed E-state index contributed by atoms with van der Waals surface area (Å²) in [6.45, 7) is 0. The number of rotatable bonds is 2. The van der Waals surface area contributed by atoms with E-state index in [4.69, 9.17) is 0 Å². The molecule has 0 bridgehead atoms. The fraction of sp³-hybridized carbons (Fsp3) is 0. The largest absolute Gasteiger partial charge is 0.298 e. The van der Waals surface area contributed by atoms with E-state index < -0.39 is 4.92 Å². The van der Waals surface area contributed by atoms with Crippen LogP contribution in [-0.2, 0) is 0 Å². The van der Waals surface area contributed by atoms with Gasteiger partial charge in [0.25, 0.3) is 5.69 Å². The molecule has 0 heterocycles. The van der Waals surface area contributed by atoms with E-state index in [0.717, 1.165) is 0 Å². The lowest BCUT2D eigenvalue weighted by Gasteiger charge is -1.99. The van der Waals surface area contributed by atoms with Gasteiger partial charge in [-0.3, -0.25) is 14.9 Å². The number of hydrogen-bond acceptors (Lipinski definition) is 3. The van der Waals surface area contributed by atoms with Crippen molar-refractivity contribution < 1.29 is 9.72 Å². The van der Waals surface area contributed by atoms with Gasteiger partial charge in [-0.15, -0.1) is 0 Å². The van der Waals surface area contributed by atoms with Crippen molar-refractivity contribution in [3.05, 3.63) is 36.8 Å². The third kappa shape index (κ3) is 1.94. The van der Waals surface area contributed by atoms with Gasteiger partial charge in [0.1, 0.15) is 4.47 Å². The molecule has 0 aliphatic heterocycles. The third-order valence-electron chi connectivity index (χ3n) is 1.41. The van der Waals surface area contributed by atoms with Crippen molar-refractivity contribution in [1.82, 2.24) is 0 Å². The van der Waals surface area contributed by atoms with Gasteiger partial charge in [0.15, 0.2) is 6.29 Å². The Morgan fingerprint density at radius 1 is 1.38 bits per heavy atom. The van der Waals surface area contributed by atoms with E-state index in [1.807, 2.05) is 0 Å². The molecule has 0 fully saturated rings. The van der Waals surface area contributed by atoms with Crippen molar-refractivity contribution in [2.45, 2.75) is 0 Å². The summed E-state index contributed by atoms with van der Waals surface area (Å²) in [5.74, 6) is 0. The third-order valence-corrected chi connectivity index (χ3v) is 3.41. The van der Waals surface area contributed by atoms with Gasteiger partial charge in [0, 0.05) is 4.47 Å². The lowest BCUT2D eigenvalue weighted by Crippen LogP contribution is -1.95. The van der Waals surface area contributed by atoms with Gasteiger partial charge in [-0.1, -0.05) is 0 Å². The molecule has 0 aliphatic rings. The lowest BCUT2D eigenvalue weighted by atomic mass is 10.2. The number of halogens is 2. The van der Waals surface area contributed by atoms with E-state index in [0.29, 0.717) is 10.8 Å². The first-order valence-electron chi connectivity index (χ1n) is 3.15. The zero-order valence-corrected chi connectivity index (χ0v) is 9.33. The summed E-state index contributed by atoms with van der Waals surface area (Å²) in [7, 11) is 0. The Kier molecular flexibility index (Phi) is 3.16. The fourth-order valence-electron chi connectivity index (χ4n) is 0.836. The Bertz CT molecular complexity index is 378. The summed E-state index contributed by atoms with van der Waals surface area (Å²) in [6.07, 6.45) is 0.454. The first-order valence-corrected chi connectivity index (χ1v) is 4.74. The molecular formula is C7H3Br2NO3. The molecule has 0 radical (unpaired) electrons. The molecule has 1 aromatic rings. The van der Waals surface area contributed by atoms with Gasteiger partial charge in [-0.25, -0.2) is 0 Å². The quantitative estimate of drug-likeness (QED) is 0.479. The summed E-state index contributed by atoms with van der Waals surface area (Å²) in [5.41, 5.74) is -0.163. The summed E-state index contributed by atoms with van der Waals surface area (Å²) in [4.78, 5) is 20.4. The van der Waals surface area contributed by atoms with Crippen LogP contribution in [0.2, 0.25) is 0 Å². The highest BCUT2D eigenvalue weighted by Gasteiger charge is 2.19. The highest BCUT2D eigenvalue weighted by atomic mass is 79.9. The van der Waals surface area contributed by atoms with Crippen LogP contribution in [0.3, 0.4) is 0 Å². The molecule has 0 atom stereocenters. The van der Waals surface area contributed by atoms with Crippen molar-refractivity contribution in [2.24, 2.45) is 0 Å². The minimum atomic E-state index is -0.599. The number of carbonyl (C=O) groups is 1. The Morgan fingerprint density at radius 3 is 2.46 bits per heavy atom. The van der Waals surface area contributed by atoms with E-state index in [-0.39, 0.29) is 15.7 Å². The van der Waals surface area contributed by atoms with Crippen molar-refractivity contribution in [2.75, 3.05) is 0 Å². The summed E-state index contributed by atoms with van der Waals surface area (Å²) in [5, 5.41) is 10.5. The van der Waals surface area contributed by atoms with E-state index in [1.54, 1.807) is 6.07 Å². The number of hydrogen-bond donors (Lipinski definition) is 0. The molecule has 0 aliphatic carbocycles. The molecule has 13 heavy (non-hydrogen) atoms. The second-order valence-electron chi connectivity index (χ2n) is 2.17. The van der Waals surface area contributed by atoms with Crippen molar-refractivity contribution in [3.8, 4) is 0 Å². The van der Waals surface area contributed by atoms with E-state index >= 15 is 0 Å². The molecule has 0 spiro atoms. The molecule has 0 saturated heterocycles. The molecule has 1 rings (SSSR count). The smallest absolute Gasteiger partial charge is 0.295 e. The van der Waals surface area contributed by atoms with Gasteiger partial charge in [0.2, 0.25) is 0 Å². The molecule has 4 nitrogen and oxygen atoms in total. The Balaban J connectivity index is 3.50. The number of carbonyl (C=O) groups excluding carboxylic acids is 1. The van der Waals surface area contributed by atoms with Crippen LogP contribution in [-0.4, -0.2) is 11.2 Å².